The number of nitrogens with zero attached hydrogens (tertiary/aromatic N) is 3. The van der Waals surface area contributed by atoms with Crippen LogP contribution in [-0.4, -0.2) is 34.6 Å². The van der Waals surface area contributed by atoms with Crippen molar-refractivity contribution in [1.29, 1.82) is 0 Å². The fourth-order valence-corrected chi connectivity index (χ4v) is 3.09. The lowest BCUT2D eigenvalue weighted by Crippen LogP contribution is -2.37. The average molecular weight is 351 g/mol. The Kier molecular flexibility index (Phi) is 5.53. The fraction of sp³-hybridized carbons (Fsp3) is 0.444. The smallest absolute Gasteiger partial charge is 0.416 e. The summed E-state index contributed by atoms with van der Waals surface area (Å²) in [5.74, 6) is 0.323. The van der Waals surface area contributed by atoms with Crippen molar-refractivity contribution in [2.75, 3.05) is 19.7 Å². The molecule has 2 heterocycles. The molecule has 25 heavy (non-hydrogen) atoms. The third kappa shape index (κ3) is 5.16. The summed E-state index contributed by atoms with van der Waals surface area (Å²) in [6, 6.07) is 7.64. The van der Waals surface area contributed by atoms with E-state index in [9.17, 15) is 13.2 Å². The summed E-state index contributed by atoms with van der Waals surface area (Å²) in [5.41, 5.74) is 0.0888. The second-order valence-electron chi connectivity index (χ2n) is 6.28. The molecule has 134 valence electrons. The zero-order valence-corrected chi connectivity index (χ0v) is 13.7. The minimum atomic E-state index is -4.30. The SMILES string of the molecule is FC(F)(F)c1cccc(CN2CCCC(COc3ncccn3)C2)c1. The van der Waals surface area contributed by atoms with Crippen LogP contribution in [-0.2, 0) is 12.7 Å². The molecule has 1 unspecified atom stereocenters. The monoisotopic (exact) mass is 351 g/mol. The van der Waals surface area contributed by atoms with Crippen molar-refractivity contribution in [2.45, 2.75) is 25.6 Å². The third-order valence-corrected chi connectivity index (χ3v) is 4.25. The van der Waals surface area contributed by atoms with Crippen molar-refractivity contribution in [3.63, 3.8) is 0 Å². The van der Waals surface area contributed by atoms with Crippen LogP contribution >= 0.6 is 0 Å². The van der Waals surface area contributed by atoms with Gasteiger partial charge in [-0.15, -0.1) is 0 Å². The maximum absolute atomic E-state index is 12.8. The molecule has 0 saturated carbocycles. The average Bonchev–Trinajstić information content (AvgIpc) is 2.61. The van der Waals surface area contributed by atoms with Gasteiger partial charge in [-0.2, -0.15) is 13.2 Å². The molecule has 2 aromatic rings. The Morgan fingerprint density at radius 3 is 2.72 bits per heavy atom. The highest BCUT2D eigenvalue weighted by molar-refractivity contribution is 5.25. The van der Waals surface area contributed by atoms with E-state index in [2.05, 4.69) is 14.9 Å². The summed E-state index contributed by atoms with van der Waals surface area (Å²) >= 11 is 0. The first-order chi connectivity index (χ1) is 12.0. The van der Waals surface area contributed by atoms with Crippen LogP contribution in [0.4, 0.5) is 13.2 Å². The summed E-state index contributed by atoms with van der Waals surface area (Å²) in [4.78, 5) is 10.2. The van der Waals surface area contributed by atoms with E-state index in [1.807, 2.05) is 0 Å². The van der Waals surface area contributed by atoms with Crippen LogP contribution in [0.3, 0.4) is 0 Å². The van der Waals surface area contributed by atoms with E-state index in [1.54, 1.807) is 24.5 Å². The van der Waals surface area contributed by atoms with Crippen molar-refractivity contribution in [3.8, 4) is 6.01 Å². The number of halogens is 3. The van der Waals surface area contributed by atoms with Gasteiger partial charge < -0.3 is 4.74 Å². The van der Waals surface area contributed by atoms with Gasteiger partial charge in [0.15, 0.2) is 0 Å². The van der Waals surface area contributed by atoms with Gasteiger partial charge in [-0.1, -0.05) is 18.2 Å². The van der Waals surface area contributed by atoms with E-state index in [0.29, 0.717) is 30.6 Å². The van der Waals surface area contributed by atoms with E-state index in [4.69, 9.17) is 4.74 Å². The number of benzene rings is 1. The van der Waals surface area contributed by atoms with Gasteiger partial charge in [0.2, 0.25) is 0 Å². The van der Waals surface area contributed by atoms with Crippen molar-refractivity contribution < 1.29 is 17.9 Å². The van der Waals surface area contributed by atoms with Gasteiger partial charge in [0.25, 0.3) is 0 Å². The molecule has 0 radical (unpaired) electrons. The van der Waals surface area contributed by atoms with E-state index in [-0.39, 0.29) is 0 Å². The van der Waals surface area contributed by atoms with Crippen LogP contribution in [0.5, 0.6) is 6.01 Å². The van der Waals surface area contributed by atoms with Crippen molar-refractivity contribution in [1.82, 2.24) is 14.9 Å². The first-order valence-electron chi connectivity index (χ1n) is 8.29. The maximum atomic E-state index is 12.8. The molecular weight excluding hydrogens is 331 g/mol. The Balaban J connectivity index is 1.55. The number of ether oxygens (including phenoxy) is 1. The van der Waals surface area contributed by atoms with Crippen LogP contribution < -0.4 is 4.74 Å². The van der Waals surface area contributed by atoms with Crippen molar-refractivity contribution >= 4 is 0 Å². The molecule has 0 bridgehead atoms. The van der Waals surface area contributed by atoms with Gasteiger partial charge in [0, 0.05) is 31.4 Å². The van der Waals surface area contributed by atoms with E-state index in [0.717, 1.165) is 32.0 Å². The second-order valence-corrected chi connectivity index (χ2v) is 6.28. The topological polar surface area (TPSA) is 38.2 Å². The van der Waals surface area contributed by atoms with Gasteiger partial charge in [0.1, 0.15) is 0 Å². The van der Waals surface area contributed by atoms with Crippen molar-refractivity contribution in [3.05, 3.63) is 53.9 Å². The molecule has 1 aromatic heterocycles. The number of rotatable bonds is 5. The minimum absolute atomic E-state index is 0.323. The standard InChI is InChI=1S/C18H20F3N3O/c19-18(20,21)16-6-1-4-14(10-16)11-24-9-2-5-15(12-24)13-25-17-22-7-3-8-23-17/h1,3-4,6-8,10,15H,2,5,9,11-13H2. The Morgan fingerprint density at radius 2 is 1.96 bits per heavy atom. The Morgan fingerprint density at radius 1 is 1.16 bits per heavy atom. The molecule has 0 spiro atoms. The molecule has 3 rings (SSSR count). The second kappa shape index (κ2) is 7.82. The third-order valence-electron chi connectivity index (χ3n) is 4.25. The predicted molar refractivity (Wildman–Crippen MR) is 87.0 cm³/mol. The molecule has 1 atom stereocenters. The Bertz CT molecular complexity index is 679. The predicted octanol–water partition coefficient (Wildman–Crippen LogP) is 3.79. The highest BCUT2D eigenvalue weighted by Crippen LogP contribution is 2.30. The molecule has 1 saturated heterocycles. The molecule has 0 amide bonds. The lowest BCUT2D eigenvalue weighted by Gasteiger charge is -2.32. The first kappa shape index (κ1) is 17.7. The lowest BCUT2D eigenvalue weighted by atomic mass is 9.98. The van der Waals surface area contributed by atoms with Gasteiger partial charge >= 0.3 is 12.2 Å². The van der Waals surface area contributed by atoms with Crippen LogP contribution in [0.15, 0.2) is 42.7 Å². The highest BCUT2D eigenvalue weighted by Gasteiger charge is 2.30. The molecule has 4 nitrogen and oxygen atoms in total. The zero-order chi connectivity index (χ0) is 17.7. The Labute approximate surface area is 144 Å². The largest absolute Gasteiger partial charge is 0.463 e. The summed E-state index contributed by atoms with van der Waals surface area (Å²) in [7, 11) is 0. The zero-order valence-electron chi connectivity index (χ0n) is 13.7. The fourth-order valence-electron chi connectivity index (χ4n) is 3.09. The molecule has 1 aromatic carbocycles. The summed E-state index contributed by atoms with van der Waals surface area (Å²) < 4.78 is 44.1. The van der Waals surface area contributed by atoms with Gasteiger partial charge in [-0.05, 0) is 37.1 Å². The molecule has 1 aliphatic heterocycles. The van der Waals surface area contributed by atoms with Crippen LogP contribution in [0, 0.1) is 5.92 Å². The summed E-state index contributed by atoms with van der Waals surface area (Å²) in [6.45, 7) is 2.71. The number of aromatic nitrogens is 2. The minimum Gasteiger partial charge on any atom is -0.463 e. The number of alkyl halides is 3. The normalized spacial score (nSPS) is 18.9. The molecule has 0 N–H and O–H groups in total. The molecular formula is C18H20F3N3O. The number of likely N-dealkylation sites (tertiary alicyclic amines) is 1. The van der Waals surface area contributed by atoms with Gasteiger partial charge in [-0.25, -0.2) is 9.97 Å². The first-order valence-corrected chi connectivity index (χ1v) is 8.29. The van der Waals surface area contributed by atoms with E-state index >= 15 is 0 Å². The summed E-state index contributed by atoms with van der Waals surface area (Å²) in [6.07, 6.45) is 0.991. The lowest BCUT2D eigenvalue weighted by molar-refractivity contribution is -0.137. The molecule has 1 aliphatic rings. The van der Waals surface area contributed by atoms with Gasteiger partial charge in [-0.3, -0.25) is 4.90 Å². The van der Waals surface area contributed by atoms with Crippen LogP contribution in [0.1, 0.15) is 24.0 Å². The van der Waals surface area contributed by atoms with E-state index < -0.39 is 11.7 Å². The molecule has 1 fully saturated rings. The van der Waals surface area contributed by atoms with Gasteiger partial charge in [0.05, 0.1) is 12.2 Å². The number of hydrogen-bond donors (Lipinski definition) is 0. The maximum Gasteiger partial charge on any atom is 0.416 e. The van der Waals surface area contributed by atoms with Crippen LogP contribution in [0.25, 0.3) is 0 Å². The Hall–Kier alpha value is -2.15. The molecule has 0 aliphatic carbocycles. The summed E-state index contributed by atoms with van der Waals surface area (Å²) in [5, 5.41) is 0. The van der Waals surface area contributed by atoms with Crippen molar-refractivity contribution in [2.24, 2.45) is 5.92 Å². The highest BCUT2D eigenvalue weighted by atomic mass is 19.4. The molecule has 7 heteroatoms. The van der Waals surface area contributed by atoms with E-state index in [1.165, 1.54) is 12.1 Å². The number of hydrogen-bond acceptors (Lipinski definition) is 4. The van der Waals surface area contributed by atoms with Crippen LogP contribution in [0.2, 0.25) is 0 Å². The quantitative estimate of drug-likeness (QED) is 0.822. The number of piperidine rings is 1.